The normalized spacial score (nSPS) is 20.3. The van der Waals surface area contributed by atoms with Crippen LogP contribution < -0.4 is 30.7 Å². The number of H-pyrrole nitrogens is 2. The summed E-state index contributed by atoms with van der Waals surface area (Å²) in [5.74, 6) is 3.07. The van der Waals surface area contributed by atoms with E-state index in [9.17, 15) is 14.0 Å². The monoisotopic (exact) mass is 1180 g/mol. The maximum atomic E-state index is 14.3. The minimum Gasteiger partial charge on any atom is -0.487 e. The lowest BCUT2D eigenvalue weighted by Crippen LogP contribution is -2.49. The molecule has 0 unspecified atom stereocenters. The summed E-state index contributed by atoms with van der Waals surface area (Å²) >= 11 is 3.63. The fourth-order valence-corrected chi connectivity index (χ4v) is 13.1. The van der Waals surface area contributed by atoms with Crippen LogP contribution in [0.1, 0.15) is 133 Å². The quantitative estimate of drug-likeness (QED) is 0.0597. The van der Waals surface area contributed by atoms with E-state index in [4.69, 9.17) is 29.5 Å². The summed E-state index contributed by atoms with van der Waals surface area (Å²) < 4.78 is 27.8. The molecule has 18 nitrogen and oxygen atoms in total. The number of carbonyl (C=O) groups is 2. The minimum atomic E-state index is -0.678. The number of anilines is 2. The van der Waals surface area contributed by atoms with E-state index < -0.39 is 22.5 Å². The third-order valence-corrected chi connectivity index (χ3v) is 17.9. The molecular formula is C63H66BrFN14O4. The Hall–Kier alpha value is -8.07. The Bertz CT molecular complexity index is 3700. The number of nitrogens with one attached hydrogen (secondary N) is 6. The molecule has 83 heavy (non-hydrogen) atoms. The number of halogens is 2. The Labute approximate surface area is 489 Å². The summed E-state index contributed by atoms with van der Waals surface area (Å²) in [6, 6.07) is 33.0. The predicted molar refractivity (Wildman–Crippen MR) is 316 cm³/mol. The fraction of sp³-hybridized carbons (Fsp3) is 0.365. The van der Waals surface area contributed by atoms with Crippen molar-refractivity contribution in [3.8, 4) is 34.3 Å². The second kappa shape index (κ2) is 21.9. The SMILES string of the molecule is CN1CCC(Nc2cccc(C(=O)N[C@H]3CC4(CCC4)Oc4ccc(Br)cc43)c2)(c2nc(-c3ccnc(CN4CCC(Nc5cccc(C(=O)N[C@@H]6CC(C)(C)Oc7cc(F)ccc76)c5)(c5nc(-c6ccncc6)n[nH]5)CC4)c3)n[nH]2)CC1. The van der Waals surface area contributed by atoms with Crippen LogP contribution in [0.4, 0.5) is 15.8 Å². The van der Waals surface area contributed by atoms with Crippen molar-refractivity contribution in [2.45, 2.75) is 113 Å². The standard InChI is InChI=1S/C63H66BrFN14O4/c1-60(2)36-50(48-13-12-44(65)35-53(48)82-60)68-56(80)41-7-4-10-46(32-41)73-63(59-70-54(74-76-59)39-15-24-66-25-16-39)22-29-79(30-23-63)38-47-31-40(17-26-67-47)55-71-58(77-75-55)62(20-27-78(3)28-21-62)72-45-9-5-8-42(33-45)57(81)69-51-37-61(18-6-19-61)83-52-14-11-43(64)34-49(51)52/h4-5,7-17,24-26,31-35,50-51,72-73H,6,18-23,27-30,36-38H2,1-3H3,(H,68,80)(H,69,81)(H,70,74,76)(H,71,75,77)/t50-,51+/m1/s1. The smallest absolute Gasteiger partial charge is 0.251 e. The van der Waals surface area contributed by atoms with Crippen molar-refractivity contribution >= 4 is 39.1 Å². The molecule has 4 aromatic heterocycles. The first kappa shape index (κ1) is 54.2. The van der Waals surface area contributed by atoms with Crippen LogP contribution in [0.3, 0.4) is 0 Å². The average molecular weight is 1180 g/mol. The van der Waals surface area contributed by atoms with E-state index in [1.807, 2.05) is 92.8 Å². The molecule has 0 bridgehead atoms. The van der Waals surface area contributed by atoms with Crippen molar-refractivity contribution < 1.29 is 23.5 Å². The molecule has 13 rings (SSSR count). The maximum absolute atomic E-state index is 14.3. The second-order valence-electron chi connectivity index (χ2n) is 23.8. The van der Waals surface area contributed by atoms with E-state index in [2.05, 4.69) is 86.5 Å². The van der Waals surface area contributed by atoms with Gasteiger partial charge in [0.2, 0.25) is 0 Å². The first-order chi connectivity index (χ1) is 40.2. The van der Waals surface area contributed by atoms with Crippen molar-refractivity contribution in [3.63, 3.8) is 0 Å². The van der Waals surface area contributed by atoms with E-state index in [-0.39, 0.29) is 29.5 Å². The molecule has 8 aromatic rings. The molecule has 20 heteroatoms. The molecule has 1 saturated carbocycles. The van der Waals surface area contributed by atoms with Crippen LogP contribution >= 0.6 is 15.9 Å². The Kier molecular flexibility index (Phi) is 14.3. The van der Waals surface area contributed by atoms with Crippen LogP contribution in [0, 0.1) is 5.82 Å². The highest BCUT2D eigenvalue weighted by Crippen LogP contribution is 2.50. The maximum Gasteiger partial charge on any atom is 0.251 e. The fourth-order valence-electron chi connectivity index (χ4n) is 12.7. The number of aromatic nitrogens is 8. The molecule has 2 saturated heterocycles. The van der Waals surface area contributed by atoms with Gasteiger partial charge in [-0.1, -0.05) is 34.1 Å². The zero-order valence-electron chi connectivity index (χ0n) is 46.6. The van der Waals surface area contributed by atoms with E-state index in [1.165, 1.54) is 12.1 Å². The topological polar surface area (TPSA) is 216 Å². The van der Waals surface area contributed by atoms with Gasteiger partial charge in [0.25, 0.3) is 11.8 Å². The van der Waals surface area contributed by atoms with Gasteiger partial charge < -0.3 is 35.6 Å². The lowest BCUT2D eigenvalue weighted by atomic mass is 9.73. The molecule has 4 aromatic carbocycles. The van der Waals surface area contributed by atoms with Crippen LogP contribution in [0.5, 0.6) is 11.5 Å². The third kappa shape index (κ3) is 11.3. The van der Waals surface area contributed by atoms with Gasteiger partial charge in [-0.05, 0) is 151 Å². The van der Waals surface area contributed by atoms with Crippen molar-refractivity contribution in [1.82, 2.24) is 60.8 Å². The highest BCUT2D eigenvalue weighted by atomic mass is 79.9. The zero-order chi connectivity index (χ0) is 56.9. The summed E-state index contributed by atoms with van der Waals surface area (Å²) in [5, 5.41) is 30.3. The number of hydrogen-bond acceptors (Lipinski definition) is 14. The highest BCUT2D eigenvalue weighted by molar-refractivity contribution is 9.10. The van der Waals surface area contributed by atoms with Crippen molar-refractivity contribution in [2.75, 3.05) is 43.9 Å². The molecule has 3 fully saturated rings. The van der Waals surface area contributed by atoms with Gasteiger partial charge in [-0.2, -0.15) is 10.2 Å². The zero-order valence-corrected chi connectivity index (χ0v) is 48.2. The predicted octanol–water partition coefficient (Wildman–Crippen LogP) is 10.8. The van der Waals surface area contributed by atoms with Gasteiger partial charge in [0.1, 0.15) is 28.5 Å². The molecule has 2 amide bonds. The van der Waals surface area contributed by atoms with Crippen LogP contribution in [0.2, 0.25) is 0 Å². The van der Waals surface area contributed by atoms with Crippen molar-refractivity contribution in [1.29, 1.82) is 0 Å². The van der Waals surface area contributed by atoms with E-state index in [0.717, 1.165) is 107 Å². The van der Waals surface area contributed by atoms with E-state index >= 15 is 0 Å². The number of likely N-dealkylation sites (tertiary alicyclic amines) is 2. The molecule has 8 heterocycles. The van der Waals surface area contributed by atoms with Gasteiger partial charge in [-0.25, -0.2) is 14.4 Å². The van der Waals surface area contributed by atoms with Crippen LogP contribution in [-0.4, -0.2) is 106 Å². The number of benzene rings is 4. The van der Waals surface area contributed by atoms with Gasteiger partial charge in [-0.3, -0.25) is 34.7 Å². The molecule has 6 N–H and O–H groups in total. The number of hydrogen-bond donors (Lipinski definition) is 6. The summed E-state index contributed by atoms with van der Waals surface area (Å²) in [6.45, 7) is 7.55. The van der Waals surface area contributed by atoms with Gasteiger partial charge in [0.05, 0.1) is 28.9 Å². The number of pyridine rings is 2. The number of amides is 2. The van der Waals surface area contributed by atoms with Gasteiger partial charge in [0.15, 0.2) is 23.3 Å². The second-order valence-corrected chi connectivity index (χ2v) is 24.7. The van der Waals surface area contributed by atoms with Crippen molar-refractivity contribution in [2.24, 2.45) is 0 Å². The summed E-state index contributed by atoms with van der Waals surface area (Å²) in [4.78, 5) is 52.2. The van der Waals surface area contributed by atoms with Crippen LogP contribution in [0.15, 0.2) is 132 Å². The first-order valence-electron chi connectivity index (χ1n) is 28.6. The Balaban J connectivity index is 0.702. The Morgan fingerprint density at radius 2 is 1.28 bits per heavy atom. The van der Waals surface area contributed by atoms with E-state index in [1.54, 1.807) is 24.5 Å². The van der Waals surface area contributed by atoms with Gasteiger partial charge in [0, 0.05) is 119 Å². The van der Waals surface area contributed by atoms with Crippen LogP contribution in [0.25, 0.3) is 22.8 Å². The molecule has 4 aliphatic heterocycles. The molecule has 2 atom stereocenters. The summed E-state index contributed by atoms with van der Waals surface area (Å²) in [6.07, 6.45) is 12.5. The molecule has 426 valence electrons. The molecule has 1 spiro atoms. The summed E-state index contributed by atoms with van der Waals surface area (Å²) in [5.41, 5.74) is 4.86. The molecule has 5 aliphatic rings. The highest BCUT2D eigenvalue weighted by Gasteiger charge is 2.47. The average Bonchev–Trinajstić information content (AvgIpc) is 3.44. The number of aromatic amines is 2. The molecular weight excluding hydrogens is 1120 g/mol. The number of rotatable bonds is 14. The molecule has 1 aliphatic carbocycles. The van der Waals surface area contributed by atoms with E-state index in [0.29, 0.717) is 73.2 Å². The van der Waals surface area contributed by atoms with Crippen LogP contribution in [-0.2, 0) is 17.6 Å². The first-order valence-corrected chi connectivity index (χ1v) is 29.4. The number of ether oxygens (including phenoxy) is 2. The number of nitrogens with zero attached hydrogens (tertiary/aromatic N) is 8. The Morgan fingerprint density at radius 1 is 0.663 bits per heavy atom. The Morgan fingerprint density at radius 3 is 1.92 bits per heavy atom. The minimum absolute atomic E-state index is 0.131. The van der Waals surface area contributed by atoms with Gasteiger partial charge >= 0.3 is 0 Å². The number of carbonyl (C=O) groups excluding carboxylic acids is 2. The van der Waals surface area contributed by atoms with Crippen molar-refractivity contribution in [3.05, 3.63) is 178 Å². The summed E-state index contributed by atoms with van der Waals surface area (Å²) in [7, 11) is 2.13. The van der Waals surface area contributed by atoms with Gasteiger partial charge in [-0.15, -0.1) is 0 Å². The lowest BCUT2D eigenvalue weighted by Gasteiger charge is -2.48. The molecule has 0 radical (unpaired) electrons. The lowest BCUT2D eigenvalue weighted by molar-refractivity contribution is -0.0360. The number of piperidine rings is 2. The largest absolute Gasteiger partial charge is 0.487 e. The number of fused-ring (bicyclic) bond motifs is 2. The third-order valence-electron chi connectivity index (χ3n) is 17.4.